The predicted molar refractivity (Wildman–Crippen MR) is 228 cm³/mol. The molecule has 9 aromatic carbocycles. The van der Waals surface area contributed by atoms with Crippen LogP contribution in [0.3, 0.4) is 0 Å². The Morgan fingerprint density at radius 1 is 0.309 bits per heavy atom. The maximum atomic E-state index is 5.22. The summed E-state index contributed by atoms with van der Waals surface area (Å²) >= 11 is 0. The van der Waals surface area contributed by atoms with Crippen molar-refractivity contribution < 1.29 is 0 Å². The number of hydrogen-bond donors (Lipinski definition) is 0. The van der Waals surface area contributed by atoms with Crippen molar-refractivity contribution in [2.75, 3.05) is 0 Å². The second-order valence-corrected chi connectivity index (χ2v) is 14.0. The van der Waals surface area contributed by atoms with Gasteiger partial charge in [0.05, 0.1) is 16.7 Å². The van der Waals surface area contributed by atoms with Crippen LogP contribution in [0.4, 0.5) is 0 Å². The minimum Gasteiger partial charge on any atom is -0.308 e. The van der Waals surface area contributed by atoms with E-state index in [1.165, 1.54) is 43.4 Å². The molecule has 4 nitrogen and oxygen atoms in total. The van der Waals surface area contributed by atoms with Crippen LogP contribution in [0, 0.1) is 0 Å². The topological polar surface area (TPSA) is 43.6 Å². The Morgan fingerprint density at radius 3 is 1.51 bits per heavy atom. The summed E-state index contributed by atoms with van der Waals surface area (Å²) in [6.07, 6.45) is 0. The minimum atomic E-state index is 0.624. The van der Waals surface area contributed by atoms with Gasteiger partial charge in [0.1, 0.15) is 0 Å². The number of aromatic nitrogens is 4. The number of nitrogens with zero attached hydrogens (tertiary/aromatic N) is 4. The van der Waals surface area contributed by atoms with E-state index in [0.717, 1.165) is 44.2 Å². The van der Waals surface area contributed by atoms with Crippen molar-refractivity contribution in [3.05, 3.63) is 194 Å². The van der Waals surface area contributed by atoms with Gasteiger partial charge in [-0.05, 0) is 50.9 Å². The smallest absolute Gasteiger partial charge is 0.164 e. The first-order chi connectivity index (χ1) is 27.3. The van der Waals surface area contributed by atoms with Crippen molar-refractivity contribution in [3.8, 4) is 51.0 Å². The second kappa shape index (κ2) is 12.6. The summed E-state index contributed by atoms with van der Waals surface area (Å²) < 4.78 is 2.47. The fourth-order valence-corrected chi connectivity index (χ4v) is 8.20. The molecule has 0 radical (unpaired) electrons. The van der Waals surface area contributed by atoms with E-state index in [1.807, 2.05) is 24.3 Å². The molecule has 55 heavy (non-hydrogen) atoms. The molecule has 0 aliphatic carbocycles. The van der Waals surface area contributed by atoms with E-state index in [9.17, 15) is 0 Å². The van der Waals surface area contributed by atoms with E-state index < -0.39 is 0 Å². The number of hydrogen-bond acceptors (Lipinski definition) is 3. The van der Waals surface area contributed by atoms with Crippen LogP contribution in [0.25, 0.3) is 105 Å². The van der Waals surface area contributed by atoms with Gasteiger partial charge in [-0.25, -0.2) is 15.0 Å². The Hall–Kier alpha value is -7.43. The molecule has 0 aliphatic rings. The first kappa shape index (κ1) is 31.1. The molecule has 2 aromatic heterocycles. The van der Waals surface area contributed by atoms with Gasteiger partial charge in [-0.15, -0.1) is 0 Å². The molecule has 0 aliphatic heterocycles. The summed E-state index contributed by atoms with van der Waals surface area (Å²) in [5.74, 6) is 1.89. The Bertz CT molecular complexity index is 3240. The second-order valence-electron chi connectivity index (χ2n) is 14.0. The molecule has 0 spiro atoms. The van der Waals surface area contributed by atoms with Crippen LogP contribution < -0.4 is 0 Å². The van der Waals surface area contributed by atoms with Crippen molar-refractivity contribution in [1.82, 2.24) is 19.5 Å². The van der Waals surface area contributed by atoms with Crippen LogP contribution in [-0.2, 0) is 0 Å². The molecule has 4 heteroatoms. The lowest BCUT2D eigenvalue weighted by atomic mass is 10.0. The zero-order valence-electron chi connectivity index (χ0n) is 29.8. The predicted octanol–water partition coefficient (Wildman–Crippen LogP) is 13.1. The molecule has 0 bridgehead atoms. The standard InChI is InChI=1S/C51H32N4/c1-3-13-33(14-4-1)34-23-25-38(26-24-34)50-52-49(37-17-5-2-6-18-37)53-51(54-50)40-31-39-19-9-10-20-41(39)46(32-40)55-45-30-28-35-15-7-11-21-42(35)47(45)44-29-27-36-16-8-12-22-43(36)48(44)55/h1-32H. The van der Waals surface area contributed by atoms with Gasteiger partial charge in [-0.2, -0.15) is 0 Å². The van der Waals surface area contributed by atoms with Gasteiger partial charge in [0.2, 0.25) is 0 Å². The summed E-state index contributed by atoms with van der Waals surface area (Å²) in [5.41, 5.74) is 8.54. The highest BCUT2D eigenvalue weighted by molar-refractivity contribution is 6.26. The fraction of sp³-hybridized carbons (Fsp3) is 0. The highest BCUT2D eigenvalue weighted by Gasteiger charge is 2.21. The lowest BCUT2D eigenvalue weighted by Gasteiger charge is -2.16. The van der Waals surface area contributed by atoms with Crippen LogP contribution in [0.5, 0.6) is 0 Å². The molecule has 0 fully saturated rings. The third-order valence-corrected chi connectivity index (χ3v) is 10.8. The molecular formula is C51H32N4. The van der Waals surface area contributed by atoms with Crippen molar-refractivity contribution in [1.29, 1.82) is 0 Å². The van der Waals surface area contributed by atoms with Crippen LogP contribution in [-0.4, -0.2) is 19.5 Å². The Labute approximate surface area is 317 Å². The molecule has 0 amide bonds. The maximum absolute atomic E-state index is 5.22. The fourth-order valence-electron chi connectivity index (χ4n) is 8.20. The highest BCUT2D eigenvalue weighted by atomic mass is 15.0. The number of fused-ring (bicyclic) bond motifs is 8. The molecule has 0 N–H and O–H groups in total. The van der Waals surface area contributed by atoms with Crippen molar-refractivity contribution >= 4 is 54.1 Å². The van der Waals surface area contributed by atoms with Gasteiger partial charge in [-0.1, -0.05) is 176 Å². The third kappa shape index (κ3) is 5.19. The molecule has 0 atom stereocenters. The van der Waals surface area contributed by atoms with Gasteiger partial charge in [-0.3, -0.25) is 0 Å². The summed E-state index contributed by atoms with van der Waals surface area (Å²) in [6.45, 7) is 0. The first-order valence-corrected chi connectivity index (χ1v) is 18.6. The van der Waals surface area contributed by atoms with Crippen LogP contribution in [0.15, 0.2) is 194 Å². The van der Waals surface area contributed by atoms with E-state index in [4.69, 9.17) is 15.0 Å². The lowest BCUT2D eigenvalue weighted by Crippen LogP contribution is -2.02. The molecule has 0 saturated carbocycles. The van der Waals surface area contributed by atoms with Crippen LogP contribution >= 0.6 is 0 Å². The zero-order chi connectivity index (χ0) is 36.3. The van der Waals surface area contributed by atoms with Crippen molar-refractivity contribution in [2.24, 2.45) is 0 Å². The first-order valence-electron chi connectivity index (χ1n) is 18.6. The van der Waals surface area contributed by atoms with Gasteiger partial charge >= 0.3 is 0 Å². The molecule has 11 aromatic rings. The maximum Gasteiger partial charge on any atom is 0.164 e. The summed E-state index contributed by atoms with van der Waals surface area (Å²) in [6, 6.07) is 68.7. The summed E-state index contributed by atoms with van der Waals surface area (Å²) in [5, 5.41) is 9.63. The van der Waals surface area contributed by atoms with E-state index in [0.29, 0.717) is 17.5 Å². The van der Waals surface area contributed by atoms with E-state index >= 15 is 0 Å². The molecule has 256 valence electrons. The van der Waals surface area contributed by atoms with Crippen LogP contribution in [0.2, 0.25) is 0 Å². The third-order valence-electron chi connectivity index (χ3n) is 10.8. The van der Waals surface area contributed by atoms with E-state index in [2.05, 4.69) is 174 Å². The summed E-state index contributed by atoms with van der Waals surface area (Å²) in [4.78, 5) is 15.4. The van der Waals surface area contributed by atoms with Gasteiger partial charge in [0, 0.05) is 38.2 Å². The number of benzene rings is 9. The average Bonchev–Trinajstić information content (AvgIpc) is 3.62. The van der Waals surface area contributed by atoms with Crippen molar-refractivity contribution in [2.45, 2.75) is 0 Å². The highest BCUT2D eigenvalue weighted by Crippen LogP contribution is 2.42. The molecule has 0 saturated heterocycles. The lowest BCUT2D eigenvalue weighted by molar-refractivity contribution is 1.07. The largest absolute Gasteiger partial charge is 0.308 e. The van der Waals surface area contributed by atoms with Crippen molar-refractivity contribution in [3.63, 3.8) is 0 Å². The molecular weight excluding hydrogens is 669 g/mol. The van der Waals surface area contributed by atoms with Gasteiger partial charge in [0.15, 0.2) is 17.5 Å². The average molecular weight is 701 g/mol. The van der Waals surface area contributed by atoms with Gasteiger partial charge in [0.25, 0.3) is 0 Å². The Morgan fingerprint density at radius 2 is 0.800 bits per heavy atom. The normalized spacial score (nSPS) is 11.6. The Kier molecular flexibility index (Phi) is 7.14. The molecule has 2 heterocycles. The van der Waals surface area contributed by atoms with Crippen LogP contribution in [0.1, 0.15) is 0 Å². The zero-order valence-corrected chi connectivity index (χ0v) is 29.8. The Balaban J connectivity index is 1.19. The van der Waals surface area contributed by atoms with Gasteiger partial charge < -0.3 is 4.57 Å². The monoisotopic (exact) mass is 700 g/mol. The SMILES string of the molecule is c1ccc(-c2ccc(-c3nc(-c4ccccc4)nc(-c4cc(-n5c6ccc7ccccc7c6c6ccc7ccccc7c65)c5ccccc5c4)n3)cc2)cc1. The summed E-state index contributed by atoms with van der Waals surface area (Å²) in [7, 11) is 0. The number of rotatable bonds is 5. The van der Waals surface area contributed by atoms with E-state index in [1.54, 1.807) is 0 Å². The molecule has 0 unspecified atom stereocenters. The minimum absolute atomic E-state index is 0.624. The molecule has 11 rings (SSSR count). The quantitative estimate of drug-likeness (QED) is 0.179. The van der Waals surface area contributed by atoms with E-state index in [-0.39, 0.29) is 0 Å².